The van der Waals surface area contributed by atoms with E-state index in [0.717, 1.165) is 24.5 Å². The zero-order valence-electron chi connectivity index (χ0n) is 17.3. The first-order valence-electron chi connectivity index (χ1n) is 10.9. The summed E-state index contributed by atoms with van der Waals surface area (Å²) in [6.45, 7) is 2.24. The number of rotatable bonds is 11. The lowest BCUT2D eigenvalue weighted by molar-refractivity contribution is -0.274. The third-order valence-electron chi connectivity index (χ3n) is 5.73. The molecule has 0 atom stereocenters. The maximum absolute atomic E-state index is 12.2. The molecule has 1 aromatic rings. The number of hydrogen-bond donors (Lipinski definition) is 0. The van der Waals surface area contributed by atoms with Gasteiger partial charge in [0.1, 0.15) is 11.5 Å². The van der Waals surface area contributed by atoms with Crippen molar-refractivity contribution in [3.8, 4) is 11.5 Å². The van der Waals surface area contributed by atoms with Gasteiger partial charge >= 0.3 is 12.3 Å². The molecular formula is C23H33F3O3. The van der Waals surface area contributed by atoms with Crippen LogP contribution in [0.15, 0.2) is 24.3 Å². The van der Waals surface area contributed by atoms with Crippen LogP contribution in [0.2, 0.25) is 0 Å². The molecule has 0 saturated heterocycles. The van der Waals surface area contributed by atoms with Crippen molar-refractivity contribution in [1.82, 2.24) is 0 Å². The first-order chi connectivity index (χ1) is 13.9. The molecule has 1 aliphatic carbocycles. The molecule has 1 saturated carbocycles. The highest BCUT2D eigenvalue weighted by molar-refractivity contribution is 5.72. The first kappa shape index (κ1) is 23.6. The zero-order chi connectivity index (χ0) is 21.1. The fraction of sp³-hybridized carbons (Fsp3) is 0.696. The van der Waals surface area contributed by atoms with E-state index in [2.05, 4.69) is 11.7 Å². The number of alkyl halides is 3. The topological polar surface area (TPSA) is 35.5 Å². The molecule has 164 valence electrons. The van der Waals surface area contributed by atoms with E-state index < -0.39 is 6.36 Å². The number of benzene rings is 1. The summed E-state index contributed by atoms with van der Waals surface area (Å²) in [5, 5.41) is 0. The van der Waals surface area contributed by atoms with Crippen LogP contribution in [0, 0.1) is 11.8 Å². The third-order valence-corrected chi connectivity index (χ3v) is 5.73. The predicted molar refractivity (Wildman–Crippen MR) is 107 cm³/mol. The summed E-state index contributed by atoms with van der Waals surface area (Å²) >= 11 is 0. The van der Waals surface area contributed by atoms with Crippen molar-refractivity contribution < 1.29 is 27.4 Å². The Morgan fingerprint density at radius 2 is 1.45 bits per heavy atom. The van der Waals surface area contributed by atoms with Crippen LogP contribution in [0.1, 0.15) is 84.0 Å². The van der Waals surface area contributed by atoms with Crippen LogP contribution in [-0.4, -0.2) is 12.3 Å². The van der Waals surface area contributed by atoms with Crippen molar-refractivity contribution in [2.75, 3.05) is 0 Å². The lowest BCUT2D eigenvalue weighted by Crippen LogP contribution is -2.17. The molecule has 0 amide bonds. The summed E-state index contributed by atoms with van der Waals surface area (Å²) in [6, 6.07) is 4.90. The van der Waals surface area contributed by atoms with Crippen LogP contribution in [0.25, 0.3) is 0 Å². The van der Waals surface area contributed by atoms with Crippen LogP contribution >= 0.6 is 0 Å². The van der Waals surface area contributed by atoms with E-state index in [1.165, 1.54) is 76.3 Å². The van der Waals surface area contributed by atoms with Gasteiger partial charge in [0.15, 0.2) is 0 Å². The monoisotopic (exact) mass is 414 g/mol. The maximum Gasteiger partial charge on any atom is 0.573 e. The Kier molecular flexibility index (Phi) is 9.82. The minimum atomic E-state index is -4.73. The summed E-state index contributed by atoms with van der Waals surface area (Å²) in [6.07, 6.45) is 9.31. The highest BCUT2D eigenvalue weighted by Crippen LogP contribution is 2.34. The molecular weight excluding hydrogens is 381 g/mol. The minimum Gasteiger partial charge on any atom is -0.427 e. The largest absolute Gasteiger partial charge is 0.573 e. The number of esters is 1. The van der Waals surface area contributed by atoms with Crippen molar-refractivity contribution in [2.45, 2.75) is 90.3 Å². The molecule has 29 heavy (non-hydrogen) atoms. The number of carbonyl (C=O) groups is 1. The van der Waals surface area contributed by atoms with Gasteiger partial charge in [-0.1, -0.05) is 71.1 Å². The number of hydrogen-bond acceptors (Lipinski definition) is 3. The fourth-order valence-corrected chi connectivity index (χ4v) is 4.06. The Hall–Kier alpha value is -1.72. The van der Waals surface area contributed by atoms with Gasteiger partial charge in [-0.15, -0.1) is 13.2 Å². The highest BCUT2D eigenvalue weighted by atomic mass is 19.4. The minimum absolute atomic E-state index is 0.233. The third kappa shape index (κ3) is 10.0. The summed E-state index contributed by atoms with van der Waals surface area (Å²) in [5.74, 6) is 0.974. The molecule has 0 unspecified atom stereocenters. The Morgan fingerprint density at radius 3 is 2.03 bits per heavy atom. The van der Waals surface area contributed by atoms with Crippen LogP contribution in [0.4, 0.5) is 13.2 Å². The van der Waals surface area contributed by atoms with E-state index >= 15 is 0 Å². The van der Waals surface area contributed by atoms with E-state index in [0.29, 0.717) is 12.3 Å². The Balaban J connectivity index is 1.60. The molecule has 0 heterocycles. The van der Waals surface area contributed by atoms with Crippen LogP contribution in [0.3, 0.4) is 0 Å². The van der Waals surface area contributed by atoms with Gasteiger partial charge in [0, 0.05) is 6.42 Å². The van der Waals surface area contributed by atoms with Crippen LogP contribution in [-0.2, 0) is 4.79 Å². The van der Waals surface area contributed by atoms with Gasteiger partial charge in [0.05, 0.1) is 0 Å². The number of ether oxygens (including phenoxy) is 2. The molecule has 1 fully saturated rings. The average molecular weight is 415 g/mol. The molecule has 0 bridgehead atoms. The molecule has 3 nitrogen and oxygen atoms in total. The molecule has 0 aromatic heterocycles. The molecule has 6 heteroatoms. The van der Waals surface area contributed by atoms with Gasteiger partial charge in [-0.2, -0.15) is 0 Å². The Morgan fingerprint density at radius 1 is 0.897 bits per heavy atom. The molecule has 0 radical (unpaired) electrons. The normalized spacial score (nSPS) is 19.7. The van der Waals surface area contributed by atoms with E-state index in [9.17, 15) is 18.0 Å². The Labute approximate surface area is 172 Å². The number of unbranched alkanes of at least 4 members (excludes halogenated alkanes) is 4. The van der Waals surface area contributed by atoms with Gasteiger partial charge in [0.25, 0.3) is 0 Å². The molecule has 1 aromatic carbocycles. The maximum atomic E-state index is 12.2. The van der Waals surface area contributed by atoms with Gasteiger partial charge < -0.3 is 9.47 Å². The lowest BCUT2D eigenvalue weighted by atomic mass is 9.78. The summed E-state index contributed by atoms with van der Waals surface area (Å²) in [7, 11) is 0. The summed E-state index contributed by atoms with van der Waals surface area (Å²) < 4.78 is 45.5. The van der Waals surface area contributed by atoms with E-state index in [1.54, 1.807) is 0 Å². The van der Waals surface area contributed by atoms with Crippen LogP contribution < -0.4 is 9.47 Å². The SMILES string of the molecule is CCCCCCC[C@H]1CC[C@H](CCC(=O)Oc2ccc(OC(F)(F)F)cc2)CC1. The number of carbonyl (C=O) groups excluding carboxylic acids is 1. The van der Waals surface area contributed by atoms with E-state index in [-0.39, 0.29) is 17.5 Å². The highest BCUT2D eigenvalue weighted by Gasteiger charge is 2.31. The second-order valence-corrected chi connectivity index (χ2v) is 8.12. The molecule has 1 aliphatic rings. The van der Waals surface area contributed by atoms with E-state index in [4.69, 9.17) is 4.74 Å². The van der Waals surface area contributed by atoms with Gasteiger partial charge in [-0.25, -0.2) is 0 Å². The second kappa shape index (κ2) is 12.1. The lowest BCUT2D eigenvalue weighted by Gasteiger charge is -2.28. The summed E-state index contributed by atoms with van der Waals surface area (Å²) in [5.41, 5.74) is 0. The van der Waals surface area contributed by atoms with Crippen molar-refractivity contribution >= 4 is 5.97 Å². The fourth-order valence-electron chi connectivity index (χ4n) is 4.06. The molecule has 0 aliphatic heterocycles. The van der Waals surface area contributed by atoms with Gasteiger partial charge in [0.2, 0.25) is 0 Å². The van der Waals surface area contributed by atoms with Crippen molar-refractivity contribution in [2.24, 2.45) is 11.8 Å². The number of halogens is 3. The van der Waals surface area contributed by atoms with Crippen molar-refractivity contribution in [3.05, 3.63) is 24.3 Å². The van der Waals surface area contributed by atoms with Crippen molar-refractivity contribution in [3.63, 3.8) is 0 Å². The first-order valence-corrected chi connectivity index (χ1v) is 10.9. The van der Waals surface area contributed by atoms with E-state index in [1.807, 2.05) is 0 Å². The molecule has 2 rings (SSSR count). The van der Waals surface area contributed by atoms with Gasteiger partial charge in [-0.3, -0.25) is 4.79 Å². The van der Waals surface area contributed by atoms with Crippen molar-refractivity contribution in [1.29, 1.82) is 0 Å². The van der Waals surface area contributed by atoms with Crippen LogP contribution in [0.5, 0.6) is 11.5 Å². The quantitative estimate of drug-likeness (QED) is 0.214. The summed E-state index contributed by atoms with van der Waals surface area (Å²) in [4.78, 5) is 12.0. The smallest absolute Gasteiger partial charge is 0.427 e. The van der Waals surface area contributed by atoms with Gasteiger partial charge in [-0.05, 0) is 42.5 Å². The molecule has 0 N–H and O–H groups in total. The average Bonchev–Trinajstić information content (AvgIpc) is 2.67. The Bertz CT molecular complexity index is 590. The second-order valence-electron chi connectivity index (χ2n) is 8.12. The predicted octanol–water partition coefficient (Wildman–Crippen LogP) is 7.44. The molecule has 0 spiro atoms. The zero-order valence-corrected chi connectivity index (χ0v) is 17.3. The standard InChI is InChI=1S/C23H33F3O3/c1-2-3-4-5-6-7-18-8-10-19(11-9-18)12-17-22(27)28-20-13-15-21(16-14-20)29-23(24,25)26/h13-16,18-19H,2-12,17H2,1H3/t18-,19-.